The van der Waals surface area contributed by atoms with Crippen LogP contribution in [0.3, 0.4) is 0 Å². The highest BCUT2D eigenvalue weighted by Crippen LogP contribution is 2.23. The van der Waals surface area contributed by atoms with Crippen molar-refractivity contribution in [3.05, 3.63) is 41.9 Å². The summed E-state index contributed by atoms with van der Waals surface area (Å²) in [6.07, 6.45) is 1.85. The van der Waals surface area contributed by atoms with Gasteiger partial charge in [0, 0.05) is 13.6 Å². The molecule has 1 rings (SSSR count). The Kier molecular flexibility index (Phi) is 3.18. The van der Waals surface area contributed by atoms with E-state index < -0.39 is 0 Å². The molecule has 1 aromatic carbocycles. The third-order valence-electron chi connectivity index (χ3n) is 1.67. The molecule has 0 fully saturated rings. The summed E-state index contributed by atoms with van der Waals surface area (Å²) in [7, 11) is 1.99. The number of para-hydroxylation sites is 1. The summed E-state index contributed by atoms with van der Waals surface area (Å²) in [5.41, 5.74) is 1.04. The molecule has 0 aliphatic carbocycles. The minimum Gasteiger partial charge on any atom is -0.370 e. The third-order valence-corrected chi connectivity index (χ3v) is 1.99. The molecule has 0 saturated heterocycles. The molecule has 2 heteroatoms. The molecule has 0 saturated carbocycles. The predicted octanol–water partition coefficient (Wildman–Crippen LogP) is 2.96. The van der Waals surface area contributed by atoms with Crippen LogP contribution in [-0.2, 0) is 0 Å². The van der Waals surface area contributed by atoms with Crippen LogP contribution in [0.1, 0.15) is 0 Å². The van der Waals surface area contributed by atoms with Crippen molar-refractivity contribution >= 4 is 17.3 Å². The first kappa shape index (κ1) is 9.14. The van der Waals surface area contributed by atoms with Crippen LogP contribution in [0.15, 0.2) is 36.9 Å². The van der Waals surface area contributed by atoms with Gasteiger partial charge in [0.05, 0.1) is 10.7 Å². The topological polar surface area (TPSA) is 3.24 Å². The maximum Gasteiger partial charge on any atom is 0.0639 e. The zero-order chi connectivity index (χ0) is 8.97. The molecule has 0 aromatic heterocycles. The van der Waals surface area contributed by atoms with Crippen molar-refractivity contribution in [2.75, 3.05) is 18.5 Å². The standard InChI is InChI=1S/C10H12ClN/c1-3-8-12(2)10-7-5-4-6-9(10)11/h3-7H,1,8H2,2H3. The number of rotatable bonds is 3. The number of hydrogen-bond donors (Lipinski definition) is 0. The second kappa shape index (κ2) is 4.17. The summed E-state index contributed by atoms with van der Waals surface area (Å²) >= 11 is 5.98. The maximum atomic E-state index is 5.98. The van der Waals surface area contributed by atoms with E-state index in [2.05, 4.69) is 11.5 Å². The molecule has 1 nitrogen and oxygen atoms in total. The van der Waals surface area contributed by atoms with Crippen LogP contribution in [0.25, 0.3) is 0 Å². The summed E-state index contributed by atoms with van der Waals surface area (Å²) < 4.78 is 0. The van der Waals surface area contributed by atoms with Crippen LogP contribution >= 0.6 is 11.6 Å². The number of benzene rings is 1. The van der Waals surface area contributed by atoms with Crippen LogP contribution in [0.4, 0.5) is 5.69 Å². The molecule has 0 N–H and O–H groups in total. The molecule has 0 heterocycles. The van der Waals surface area contributed by atoms with E-state index in [4.69, 9.17) is 11.6 Å². The smallest absolute Gasteiger partial charge is 0.0639 e. The van der Waals surface area contributed by atoms with Gasteiger partial charge in [-0.1, -0.05) is 29.8 Å². The second-order valence-corrected chi connectivity index (χ2v) is 3.03. The van der Waals surface area contributed by atoms with E-state index in [0.29, 0.717) is 0 Å². The molecular formula is C10H12ClN. The lowest BCUT2D eigenvalue weighted by molar-refractivity contribution is 1.03. The quantitative estimate of drug-likeness (QED) is 0.649. The Hall–Kier alpha value is -0.950. The molecule has 0 unspecified atom stereocenters. The lowest BCUT2D eigenvalue weighted by Crippen LogP contribution is -2.16. The second-order valence-electron chi connectivity index (χ2n) is 2.62. The SMILES string of the molecule is C=CCN(C)c1ccccc1Cl. The lowest BCUT2D eigenvalue weighted by atomic mass is 10.3. The number of halogens is 1. The normalized spacial score (nSPS) is 9.50. The van der Waals surface area contributed by atoms with Gasteiger partial charge in [-0.05, 0) is 12.1 Å². The molecule has 0 spiro atoms. The average molecular weight is 182 g/mol. The zero-order valence-corrected chi connectivity index (χ0v) is 7.88. The third kappa shape index (κ3) is 2.02. The molecule has 0 radical (unpaired) electrons. The Morgan fingerprint density at radius 3 is 2.75 bits per heavy atom. The monoisotopic (exact) mass is 181 g/mol. The molecular weight excluding hydrogens is 170 g/mol. The van der Waals surface area contributed by atoms with Crippen molar-refractivity contribution in [2.45, 2.75) is 0 Å². The summed E-state index contributed by atoms with van der Waals surface area (Å²) in [4.78, 5) is 2.05. The van der Waals surface area contributed by atoms with Gasteiger partial charge in [-0.2, -0.15) is 0 Å². The number of likely N-dealkylation sites (N-methyl/N-ethyl adjacent to an activating group) is 1. The van der Waals surface area contributed by atoms with Gasteiger partial charge in [0.25, 0.3) is 0 Å². The fraction of sp³-hybridized carbons (Fsp3) is 0.200. The number of anilines is 1. The highest BCUT2D eigenvalue weighted by Gasteiger charge is 2.01. The van der Waals surface area contributed by atoms with Crippen LogP contribution in [0, 0.1) is 0 Å². The Labute approximate surface area is 78.3 Å². The molecule has 1 aromatic rings. The first-order valence-corrected chi connectivity index (χ1v) is 4.20. The van der Waals surface area contributed by atoms with Crippen molar-refractivity contribution < 1.29 is 0 Å². The Bertz CT molecular complexity index is 270. The highest BCUT2D eigenvalue weighted by molar-refractivity contribution is 6.33. The van der Waals surface area contributed by atoms with E-state index in [1.54, 1.807) is 0 Å². The fourth-order valence-electron chi connectivity index (χ4n) is 1.05. The fourth-order valence-corrected chi connectivity index (χ4v) is 1.33. The number of hydrogen-bond acceptors (Lipinski definition) is 1. The molecule has 0 aliphatic heterocycles. The summed E-state index contributed by atoms with van der Waals surface area (Å²) in [6, 6.07) is 7.77. The van der Waals surface area contributed by atoms with Gasteiger partial charge in [-0.25, -0.2) is 0 Å². The lowest BCUT2D eigenvalue weighted by Gasteiger charge is -2.17. The van der Waals surface area contributed by atoms with Crippen LogP contribution < -0.4 is 4.90 Å². The van der Waals surface area contributed by atoms with E-state index in [1.165, 1.54) is 0 Å². The van der Waals surface area contributed by atoms with Gasteiger partial charge in [0.1, 0.15) is 0 Å². The van der Waals surface area contributed by atoms with Crippen molar-refractivity contribution in [2.24, 2.45) is 0 Å². The molecule has 64 valence electrons. The summed E-state index contributed by atoms with van der Waals surface area (Å²) in [5.74, 6) is 0. The van der Waals surface area contributed by atoms with E-state index >= 15 is 0 Å². The summed E-state index contributed by atoms with van der Waals surface area (Å²) in [6.45, 7) is 4.48. The van der Waals surface area contributed by atoms with E-state index in [9.17, 15) is 0 Å². The minimum atomic E-state index is 0.779. The first-order valence-electron chi connectivity index (χ1n) is 3.82. The zero-order valence-electron chi connectivity index (χ0n) is 7.13. The van der Waals surface area contributed by atoms with E-state index in [0.717, 1.165) is 17.3 Å². The minimum absolute atomic E-state index is 0.779. The molecule has 0 amide bonds. The first-order chi connectivity index (χ1) is 5.75. The predicted molar refractivity (Wildman–Crippen MR) is 54.9 cm³/mol. The number of nitrogens with zero attached hydrogens (tertiary/aromatic N) is 1. The average Bonchev–Trinajstić information content (AvgIpc) is 2.05. The van der Waals surface area contributed by atoms with Crippen LogP contribution in [-0.4, -0.2) is 13.6 Å². The Morgan fingerprint density at radius 1 is 1.50 bits per heavy atom. The summed E-state index contributed by atoms with van der Waals surface area (Å²) in [5, 5.41) is 0.779. The molecule has 0 bridgehead atoms. The van der Waals surface area contributed by atoms with Gasteiger partial charge in [0.2, 0.25) is 0 Å². The Balaban J connectivity index is 2.86. The molecule has 0 atom stereocenters. The van der Waals surface area contributed by atoms with Gasteiger partial charge in [-0.15, -0.1) is 6.58 Å². The highest BCUT2D eigenvalue weighted by atomic mass is 35.5. The van der Waals surface area contributed by atoms with Gasteiger partial charge in [-0.3, -0.25) is 0 Å². The Morgan fingerprint density at radius 2 is 2.17 bits per heavy atom. The molecule has 12 heavy (non-hydrogen) atoms. The van der Waals surface area contributed by atoms with Gasteiger partial charge >= 0.3 is 0 Å². The molecule has 0 aliphatic rings. The van der Waals surface area contributed by atoms with Gasteiger partial charge in [0.15, 0.2) is 0 Å². The van der Waals surface area contributed by atoms with Crippen molar-refractivity contribution in [3.63, 3.8) is 0 Å². The maximum absolute atomic E-state index is 5.98. The van der Waals surface area contributed by atoms with Crippen LogP contribution in [0.2, 0.25) is 5.02 Å². The largest absolute Gasteiger partial charge is 0.370 e. The van der Waals surface area contributed by atoms with E-state index in [-0.39, 0.29) is 0 Å². The van der Waals surface area contributed by atoms with Crippen LogP contribution in [0.5, 0.6) is 0 Å². The van der Waals surface area contributed by atoms with Crippen molar-refractivity contribution in [1.29, 1.82) is 0 Å². The van der Waals surface area contributed by atoms with Gasteiger partial charge < -0.3 is 4.90 Å². The van der Waals surface area contributed by atoms with E-state index in [1.807, 2.05) is 37.4 Å². The van der Waals surface area contributed by atoms with Crippen molar-refractivity contribution in [1.82, 2.24) is 0 Å². The van der Waals surface area contributed by atoms with Crippen molar-refractivity contribution in [3.8, 4) is 0 Å².